The van der Waals surface area contributed by atoms with Gasteiger partial charge >= 0.3 is 0 Å². The Balaban J connectivity index is 1.92. The van der Waals surface area contributed by atoms with Crippen molar-refractivity contribution in [2.24, 2.45) is 0 Å². The van der Waals surface area contributed by atoms with Gasteiger partial charge in [-0.05, 0) is 41.8 Å². The third-order valence-corrected chi connectivity index (χ3v) is 3.59. The first-order valence-corrected chi connectivity index (χ1v) is 7.02. The van der Waals surface area contributed by atoms with E-state index in [1.54, 1.807) is 0 Å². The van der Waals surface area contributed by atoms with Crippen molar-refractivity contribution >= 4 is 27.5 Å². The highest BCUT2D eigenvalue weighted by Gasteiger charge is 2.00. The molecule has 0 saturated heterocycles. The Hall–Kier alpha value is -0.830. The first-order chi connectivity index (χ1) is 8.65. The van der Waals surface area contributed by atoms with Crippen molar-refractivity contribution in [1.29, 1.82) is 0 Å². The predicted molar refractivity (Wildman–Crippen MR) is 80.9 cm³/mol. The highest BCUT2D eigenvalue weighted by atomic mass is 79.9. The second-order valence-electron chi connectivity index (χ2n) is 4.33. The average molecular weight is 325 g/mol. The zero-order valence-electron chi connectivity index (χ0n) is 10.2. The molecule has 0 radical (unpaired) electrons. The van der Waals surface area contributed by atoms with Crippen LogP contribution >= 0.6 is 27.5 Å². The number of rotatable bonds is 4. The summed E-state index contributed by atoms with van der Waals surface area (Å²) in [5.41, 5.74) is 3.58. The summed E-state index contributed by atoms with van der Waals surface area (Å²) in [6.07, 6.45) is 0. The Morgan fingerprint density at radius 3 is 2.67 bits per heavy atom. The second-order valence-corrected chi connectivity index (χ2v) is 5.65. The van der Waals surface area contributed by atoms with E-state index in [-0.39, 0.29) is 0 Å². The lowest BCUT2D eigenvalue weighted by molar-refractivity contribution is 0.693. The summed E-state index contributed by atoms with van der Waals surface area (Å²) in [7, 11) is 0. The van der Waals surface area contributed by atoms with Crippen LogP contribution < -0.4 is 5.32 Å². The molecular weight excluding hydrogens is 310 g/mol. The largest absolute Gasteiger partial charge is 0.309 e. The molecule has 0 atom stereocenters. The van der Waals surface area contributed by atoms with Crippen LogP contribution in [0.5, 0.6) is 0 Å². The lowest BCUT2D eigenvalue weighted by Crippen LogP contribution is -2.12. The van der Waals surface area contributed by atoms with E-state index in [9.17, 15) is 0 Å². The van der Waals surface area contributed by atoms with E-state index in [2.05, 4.69) is 45.5 Å². The summed E-state index contributed by atoms with van der Waals surface area (Å²) in [6, 6.07) is 14.4. The molecule has 94 valence electrons. The fraction of sp³-hybridized carbons (Fsp3) is 0.200. The summed E-state index contributed by atoms with van der Waals surface area (Å²) in [4.78, 5) is 0. The molecule has 0 aliphatic heterocycles. The Labute approximate surface area is 121 Å². The van der Waals surface area contributed by atoms with Gasteiger partial charge in [0, 0.05) is 22.6 Å². The molecule has 2 aromatic carbocycles. The van der Waals surface area contributed by atoms with Crippen molar-refractivity contribution in [1.82, 2.24) is 5.32 Å². The minimum atomic E-state index is 0.783. The number of hydrogen-bond donors (Lipinski definition) is 1. The zero-order valence-corrected chi connectivity index (χ0v) is 12.6. The topological polar surface area (TPSA) is 12.0 Å². The van der Waals surface area contributed by atoms with E-state index in [1.807, 2.05) is 25.1 Å². The first kappa shape index (κ1) is 13.6. The molecule has 0 aliphatic rings. The van der Waals surface area contributed by atoms with Gasteiger partial charge in [0.25, 0.3) is 0 Å². The van der Waals surface area contributed by atoms with Crippen molar-refractivity contribution in [2.45, 2.75) is 20.0 Å². The van der Waals surface area contributed by atoms with Crippen molar-refractivity contribution < 1.29 is 0 Å². The standard InChI is InChI=1S/C15H15BrClN/c1-11-5-6-13(15(17)7-11)10-18-9-12-3-2-4-14(16)8-12/h2-8,18H,9-10H2,1H3. The Bertz CT molecular complexity index is 540. The van der Waals surface area contributed by atoms with E-state index >= 15 is 0 Å². The van der Waals surface area contributed by atoms with Crippen molar-refractivity contribution in [3.63, 3.8) is 0 Å². The number of nitrogens with one attached hydrogen (secondary N) is 1. The van der Waals surface area contributed by atoms with Gasteiger partial charge in [0.05, 0.1) is 0 Å². The van der Waals surface area contributed by atoms with Crippen LogP contribution in [-0.4, -0.2) is 0 Å². The number of aryl methyl sites for hydroxylation is 1. The molecule has 1 nitrogen and oxygen atoms in total. The van der Waals surface area contributed by atoms with E-state index in [0.717, 1.165) is 28.1 Å². The predicted octanol–water partition coefficient (Wildman–Crippen LogP) is 4.70. The molecule has 0 spiro atoms. The normalized spacial score (nSPS) is 10.6. The highest BCUT2D eigenvalue weighted by Crippen LogP contribution is 2.17. The molecule has 0 aromatic heterocycles. The first-order valence-electron chi connectivity index (χ1n) is 5.85. The molecule has 0 heterocycles. The van der Waals surface area contributed by atoms with Crippen LogP contribution in [0.25, 0.3) is 0 Å². The molecule has 2 rings (SSSR count). The van der Waals surface area contributed by atoms with Gasteiger partial charge in [-0.2, -0.15) is 0 Å². The molecular formula is C15H15BrClN. The van der Waals surface area contributed by atoms with Crippen LogP contribution in [0.1, 0.15) is 16.7 Å². The summed E-state index contributed by atoms with van der Waals surface area (Å²) in [5, 5.41) is 4.23. The highest BCUT2D eigenvalue weighted by molar-refractivity contribution is 9.10. The van der Waals surface area contributed by atoms with Gasteiger partial charge in [-0.1, -0.05) is 51.8 Å². The monoisotopic (exact) mass is 323 g/mol. The van der Waals surface area contributed by atoms with Crippen LogP contribution in [-0.2, 0) is 13.1 Å². The molecule has 0 saturated carbocycles. The molecule has 0 aliphatic carbocycles. The lowest BCUT2D eigenvalue weighted by atomic mass is 10.1. The van der Waals surface area contributed by atoms with E-state index in [1.165, 1.54) is 11.1 Å². The Morgan fingerprint density at radius 2 is 1.94 bits per heavy atom. The Kier molecular flexibility index (Phi) is 4.81. The van der Waals surface area contributed by atoms with Crippen LogP contribution in [0, 0.1) is 6.92 Å². The SMILES string of the molecule is Cc1ccc(CNCc2cccc(Br)c2)c(Cl)c1. The third kappa shape index (κ3) is 3.84. The fourth-order valence-corrected chi connectivity index (χ4v) is 2.53. The second kappa shape index (κ2) is 6.37. The quantitative estimate of drug-likeness (QED) is 0.859. The average Bonchev–Trinajstić information content (AvgIpc) is 2.32. The molecule has 0 unspecified atom stereocenters. The minimum Gasteiger partial charge on any atom is -0.309 e. The third-order valence-electron chi connectivity index (χ3n) is 2.74. The molecule has 0 bridgehead atoms. The lowest BCUT2D eigenvalue weighted by Gasteiger charge is -2.08. The maximum absolute atomic E-state index is 6.19. The zero-order chi connectivity index (χ0) is 13.0. The van der Waals surface area contributed by atoms with Gasteiger partial charge in [0.1, 0.15) is 0 Å². The fourth-order valence-electron chi connectivity index (χ4n) is 1.78. The number of benzene rings is 2. The van der Waals surface area contributed by atoms with Crippen molar-refractivity contribution in [3.05, 3.63) is 68.7 Å². The maximum Gasteiger partial charge on any atom is 0.0453 e. The molecule has 18 heavy (non-hydrogen) atoms. The van der Waals surface area contributed by atoms with Crippen molar-refractivity contribution in [3.8, 4) is 0 Å². The van der Waals surface area contributed by atoms with Crippen LogP contribution in [0.3, 0.4) is 0 Å². The van der Waals surface area contributed by atoms with Crippen LogP contribution in [0.15, 0.2) is 46.9 Å². The molecule has 2 aromatic rings. The summed E-state index contributed by atoms with van der Waals surface area (Å²) < 4.78 is 1.11. The van der Waals surface area contributed by atoms with Gasteiger partial charge < -0.3 is 5.32 Å². The summed E-state index contributed by atoms with van der Waals surface area (Å²) in [6.45, 7) is 3.67. The van der Waals surface area contributed by atoms with E-state index in [0.29, 0.717) is 0 Å². The van der Waals surface area contributed by atoms with Crippen LogP contribution in [0.2, 0.25) is 5.02 Å². The van der Waals surface area contributed by atoms with Gasteiger partial charge in [-0.25, -0.2) is 0 Å². The van der Waals surface area contributed by atoms with E-state index in [4.69, 9.17) is 11.6 Å². The molecule has 1 N–H and O–H groups in total. The summed E-state index contributed by atoms with van der Waals surface area (Å²) >= 11 is 9.66. The van der Waals surface area contributed by atoms with Crippen molar-refractivity contribution in [2.75, 3.05) is 0 Å². The molecule has 3 heteroatoms. The molecule has 0 fully saturated rings. The van der Waals surface area contributed by atoms with Gasteiger partial charge in [-0.15, -0.1) is 0 Å². The van der Waals surface area contributed by atoms with Gasteiger partial charge in [-0.3, -0.25) is 0 Å². The minimum absolute atomic E-state index is 0.783. The maximum atomic E-state index is 6.19. The van der Waals surface area contributed by atoms with Gasteiger partial charge in [0.2, 0.25) is 0 Å². The van der Waals surface area contributed by atoms with E-state index < -0.39 is 0 Å². The van der Waals surface area contributed by atoms with Gasteiger partial charge in [0.15, 0.2) is 0 Å². The smallest absolute Gasteiger partial charge is 0.0453 e. The Morgan fingerprint density at radius 1 is 1.11 bits per heavy atom. The molecule has 0 amide bonds. The summed E-state index contributed by atoms with van der Waals surface area (Å²) in [5.74, 6) is 0. The van der Waals surface area contributed by atoms with Crippen LogP contribution in [0.4, 0.5) is 0 Å². The number of halogens is 2. The number of hydrogen-bond acceptors (Lipinski definition) is 1.